The minimum Gasteiger partial charge on any atom is -0.494 e. The van der Waals surface area contributed by atoms with Gasteiger partial charge in [-0.3, -0.25) is 9.71 Å². The van der Waals surface area contributed by atoms with Gasteiger partial charge in [0.05, 0.1) is 16.1 Å². The largest absolute Gasteiger partial charge is 0.494 e. The summed E-state index contributed by atoms with van der Waals surface area (Å²) < 4.78 is 27.3. The maximum absolute atomic E-state index is 12.4. The summed E-state index contributed by atoms with van der Waals surface area (Å²) in [6, 6.07) is 18.6. The van der Waals surface area contributed by atoms with Gasteiger partial charge in [-0.1, -0.05) is 24.3 Å². The van der Waals surface area contributed by atoms with Crippen molar-refractivity contribution in [2.45, 2.75) is 4.90 Å². The molecule has 0 bridgehead atoms. The van der Waals surface area contributed by atoms with Gasteiger partial charge in [-0.05, 0) is 42.5 Å². The third-order valence-electron chi connectivity index (χ3n) is 4.12. The van der Waals surface area contributed by atoms with Crippen molar-refractivity contribution in [1.82, 2.24) is 9.97 Å². The first-order valence-electron chi connectivity index (χ1n) is 8.40. The molecule has 8 heteroatoms. The van der Waals surface area contributed by atoms with Crippen LogP contribution in [0.25, 0.3) is 10.9 Å². The Morgan fingerprint density at radius 2 is 1.75 bits per heavy atom. The molecule has 0 atom stereocenters. The van der Waals surface area contributed by atoms with E-state index in [1.807, 2.05) is 24.3 Å². The van der Waals surface area contributed by atoms with Gasteiger partial charge >= 0.3 is 0 Å². The number of benzene rings is 2. The van der Waals surface area contributed by atoms with Crippen LogP contribution < -0.4 is 4.72 Å². The van der Waals surface area contributed by atoms with Crippen molar-refractivity contribution in [1.29, 1.82) is 0 Å². The lowest BCUT2D eigenvalue weighted by atomic mass is 10.2. The smallest absolute Gasteiger partial charge is 0.263 e. The lowest BCUT2D eigenvalue weighted by molar-refractivity contribution is 0.457. The molecule has 0 saturated heterocycles. The first-order chi connectivity index (χ1) is 13.5. The predicted molar refractivity (Wildman–Crippen MR) is 109 cm³/mol. The molecular weight excluding hydrogens is 376 g/mol. The standard InChI is InChI=1S/C20H16N4O3S/c25-20-17(16-5-1-2-6-18(16)23-20)13-22-14-8-10-15(11-9-14)28(26,27)24-19-7-3-4-12-21-19/h1-13,23,25H,(H,21,24). The van der Waals surface area contributed by atoms with Crippen molar-refractivity contribution in [2.24, 2.45) is 4.99 Å². The number of aliphatic imine (C=N–C) groups is 1. The molecule has 0 unspecified atom stereocenters. The van der Waals surface area contributed by atoms with Crippen molar-refractivity contribution in [3.05, 3.63) is 78.5 Å². The van der Waals surface area contributed by atoms with E-state index in [9.17, 15) is 13.5 Å². The van der Waals surface area contributed by atoms with E-state index >= 15 is 0 Å². The number of pyridine rings is 1. The number of fused-ring (bicyclic) bond motifs is 1. The van der Waals surface area contributed by atoms with Crippen molar-refractivity contribution in [2.75, 3.05) is 4.72 Å². The molecule has 0 spiro atoms. The minimum atomic E-state index is -3.73. The molecule has 0 saturated carbocycles. The Kier molecular flexibility index (Phi) is 4.54. The maximum atomic E-state index is 12.4. The van der Waals surface area contributed by atoms with Crippen LogP contribution in [0, 0.1) is 0 Å². The Balaban J connectivity index is 1.56. The summed E-state index contributed by atoms with van der Waals surface area (Å²) in [4.78, 5) is 11.3. The van der Waals surface area contributed by atoms with Crippen LogP contribution in [0.2, 0.25) is 0 Å². The van der Waals surface area contributed by atoms with Gasteiger partial charge in [0.1, 0.15) is 5.82 Å². The van der Waals surface area contributed by atoms with Crippen LogP contribution in [0.3, 0.4) is 0 Å². The Bertz CT molecular complexity index is 1250. The van der Waals surface area contributed by atoms with E-state index in [0.717, 1.165) is 10.9 Å². The molecule has 0 aliphatic heterocycles. The van der Waals surface area contributed by atoms with Crippen LogP contribution in [-0.4, -0.2) is 29.7 Å². The molecule has 0 aliphatic rings. The summed E-state index contributed by atoms with van der Waals surface area (Å²) in [5, 5.41) is 10.9. The number of para-hydroxylation sites is 1. The summed E-state index contributed by atoms with van der Waals surface area (Å²) >= 11 is 0. The van der Waals surface area contributed by atoms with Gasteiger partial charge in [-0.2, -0.15) is 0 Å². The number of H-pyrrole nitrogens is 1. The van der Waals surface area contributed by atoms with Gasteiger partial charge in [0.15, 0.2) is 5.88 Å². The lowest BCUT2D eigenvalue weighted by Crippen LogP contribution is -2.13. The molecular formula is C20H16N4O3S. The third kappa shape index (κ3) is 3.58. The third-order valence-corrected chi connectivity index (χ3v) is 5.49. The molecule has 0 radical (unpaired) electrons. The summed E-state index contributed by atoms with van der Waals surface area (Å²) in [7, 11) is -3.73. The van der Waals surface area contributed by atoms with Crippen LogP contribution in [-0.2, 0) is 10.0 Å². The first kappa shape index (κ1) is 17.7. The fourth-order valence-corrected chi connectivity index (χ4v) is 3.76. The molecule has 0 fully saturated rings. The number of sulfonamides is 1. The average molecular weight is 392 g/mol. The fourth-order valence-electron chi connectivity index (χ4n) is 2.75. The van der Waals surface area contributed by atoms with E-state index in [2.05, 4.69) is 19.7 Å². The topological polar surface area (TPSA) is 107 Å². The van der Waals surface area contributed by atoms with Gasteiger partial charge in [-0.15, -0.1) is 0 Å². The van der Waals surface area contributed by atoms with Crippen molar-refractivity contribution in [3.8, 4) is 5.88 Å². The number of aromatic hydroxyl groups is 1. The number of hydrogen-bond acceptors (Lipinski definition) is 5. The van der Waals surface area contributed by atoms with Crippen molar-refractivity contribution in [3.63, 3.8) is 0 Å². The molecule has 2 aromatic carbocycles. The summed E-state index contributed by atoms with van der Waals surface area (Å²) in [5.74, 6) is 0.281. The highest BCUT2D eigenvalue weighted by Gasteiger charge is 2.14. The van der Waals surface area contributed by atoms with E-state index in [-0.39, 0.29) is 16.6 Å². The molecule has 3 N–H and O–H groups in total. The van der Waals surface area contributed by atoms with E-state index in [1.54, 1.807) is 36.5 Å². The van der Waals surface area contributed by atoms with Gasteiger partial charge in [-0.25, -0.2) is 13.4 Å². The Hall–Kier alpha value is -3.65. The van der Waals surface area contributed by atoms with E-state index in [1.165, 1.54) is 18.3 Å². The zero-order valence-corrected chi connectivity index (χ0v) is 15.4. The summed E-state index contributed by atoms with van der Waals surface area (Å²) in [6.07, 6.45) is 3.06. The highest BCUT2D eigenvalue weighted by molar-refractivity contribution is 7.92. The molecule has 4 rings (SSSR count). The number of aromatic amines is 1. The van der Waals surface area contributed by atoms with Gasteiger partial charge < -0.3 is 10.1 Å². The Labute approximate surface area is 161 Å². The van der Waals surface area contributed by atoms with Crippen LogP contribution >= 0.6 is 0 Å². The quantitative estimate of drug-likeness (QED) is 0.449. The van der Waals surface area contributed by atoms with Crippen LogP contribution in [0.1, 0.15) is 5.56 Å². The Morgan fingerprint density at radius 3 is 2.50 bits per heavy atom. The van der Waals surface area contributed by atoms with E-state index < -0.39 is 10.0 Å². The van der Waals surface area contributed by atoms with Gasteiger partial charge in [0.25, 0.3) is 10.0 Å². The number of aromatic nitrogens is 2. The van der Waals surface area contributed by atoms with E-state index in [4.69, 9.17) is 0 Å². The number of nitrogens with one attached hydrogen (secondary N) is 2. The molecule has 2 heterocycles. The summed E-state index contributed by atoms with van der Waals surface area (Å²) in [6.45, 7) is 0. The molecule has 0 aliphatic carbocycles. The maximum Gasteiger partial charge on any atom is 0.263 e. The second kappa shape index (κ2) is 7.16. The molecule has 28 heavy (non-hydrogen) atoms. The van der Waals surface area contributed by atoms with Gasteiger partial charge in [0.2, 0.25) is 0 Å². The second-order valence-corrected chi connectivity index (χ2v) is 7.69. The predicted octanol–water partition coefficient (Wildman–Crippen LogP) is 3.82. The number of anilines is 1. The molecule has 0 amide bonds. The SMILES string of the molecule is O=S(=O)(Nc1ccccn1)c1ccc(N=Cc2c(O)[nH]c3ccccc23)cc1. The number of hydrogen-bond donors (Lipinski definition) is 3. The highest BCUT2D eigenvalue weighted by Crippen LogP contribution is 2.26. The van der Waals surface area contributed by atoms with Crippen LogP contribution in [0.15, 0.2) is 82.8 Å². The molecule has 7 nitrogen and oxygen atoms in total. The molecule has 140 valence electrons. The van der Waals surface area contributed by atoms with E-state index in [0.29, 0.717) is 11.3 Å². The number of rotatable bonds is 5. The van der Waals surface area contributed by atoms with Crippen molar-refractivity contribution >= 4 is 38.6 Å². The monoisotopic (exact) mass is 392 g/mol. The lowest BCUT2D eigenvalue weighted by Gasteiger charge is -2.07. The van der Waals surface area contributed by atoms with Gasteiger partial charge in [0, 0.05) is 23.3 Å². The molecule has 2 aromatic heterocycles. The zero-order valence-electron chi connectivity index (χ0n) is 14.6. The Morgan fingerprint density at radius 1 is 1.00 bits per heavy atom. The molecule has 4 aromatic rings. The van der Waals surface area contributed by atoms with Crippen LogP contribution in [0.5, 0.6) is 5.88 Å². The zero-order chi connectivity index (χ0) is 19.6. The normalized spacial score (nSPS) is 11.9. The number of nitrogens with zero attached hydrogens (tertiary/aromatic N) is 2. The second-order valence-electron chi connectivity index (χ2n) is 6.01. The summed E-state index contributed by atoms with van der Waals surface area (Å²) in [5.41, 5.74) is 1.94. The first-order valence-corrected chi connectivity index (χ1v) is 9.89. The minimum absolute atomic E-state index is 0.0312. The van der Waals surface area contributed by atoms with Crippen molar-refractivity contribution < 1.29 is 13.5 Å². The fraction of sp³-hybridized carbons (Fsp3) is 0. The van der Waals surface area contributed by atoms with Crippen LogP contribution in [0.4, 0.5) is 11.5 Å². The average Bonchev–Trinajstić information content (AvgIpc) is 3.02. The highest BCUT2D eigenvalue weighted by atomic mass is 32.2.